The van der Waals surface area contributed by atoms with E-state index in [1.54, 1.807) is 45.0 Å². The van der Waals surface area contributed by atoms with E-state index in [1.165, 1.54) is 0 Å². The van der Waals surface area contributed by atoms with Crippen molar-refractivity contribution in [1.29, 1.82) is 0 Å². The van der Waals surface area contributed by atoms with Gasteiger partial charge in [0.25, 0.3) is 0 Å². The van der Waals surface area contributed by atoms with Gasteiger partial charge >= 0.3 is 5.97 Å². The predicted molar refractivity (Wildman–Crippen MR) is 69.7 cm³/mol. The molecular formula is C14H20O4. The average molecular weight is 252 g/mol. The van der Waals surface area contributed by atoms with Crippen molar-refractivity contribution >= 4 is 12.3 Å². The van der Waals surface area contributed by atoms with Crippen LogP contribution in [0.5, 0.6) is 0 Å². The summed E-state index contributed by atoms with van der Waals surface area (Å²) >= 11 is 0. The molecule has 0 aliphatic carbocycles. The first-order chi connectivity index (χ1) is 8.36. The highest BCUT2D eigenvalue weighted by molar-refractivity contribution is 5.74. The van der Waals surface area contributed by atoms with E-state index in [9.17, 15) is 9.59 Å². The molecule has 0 spiro atoms. The highest BCUT2D eigenvalue weighted by Crippen LogP contribution is 2.09. The van der Waals surface area contributed by atoms with Gasteiger partial charge < -0.3 is 10.2 Å². The predicted octanol–water partition coefficient (Wildman–Crippen LogP) is 2.15. The third-order valence-corrected chi connectivity index (χ3v) is 2.08. The van der Waals surface area contributed by atoms with Crippen molar-refractivity contribution in [3.63, 3.8) is 0 Å². The van der Waals surface area contributed by atoms with E-state index in [-0.39, 0.29) is 6.10 Å². The number of carboxylic acid groups (broad SMARTS) is 1. The highest BCUT2D eigenvalue weighted by Gasteiger charge is 2.10. The molecule has 1 aromatic rings. The van der Waals surface area contributed by atoms with Gasteiger partial charge in [0.1, 0.15) is 6.29 Å². The van der Waals surface area contributed by atoms with E-state index in [0.29, 0.717) is 12.0 Å². The molecule has 1 atom stereocenters. The quantitative estimate of drug-likeness (QED) is 0.805. The molecule has 18 heavy (non-hydrogen) atoms. The summed E-state index contributed by atoms with van der Waals surface area (Å²) in [5, 5.41) is 16.7. The lowest BCUT2D eigenvalue weighted by Gasteiger charge is -2.05. The summed E-state index contributed by atoms with van der Waals surface area (Å²) in [5.41, 5.74) is 1.54. The summed E-state index contributed by atoms with van der Waals surface area (Å²) in [4.78, 5) is 20.9. The molecule has 0 fully saturated rings. The van der Waals surface area contributed by atoms with Gasteiger partial charge in [-0.25, -0.2) is 0 Å². The number of carboxylic acids is 1. The Bertz CT molecular complexity index is 365. The number of aliphatic hydroxyl groups excluding tert-OH is 1. The number of rotatable bonds is 4. The summed E-state index contributed by atoms with van der Waals surface area (Å²) < 4.78 is 0. The van der Waals surface area contributed by atoms with Gasteiger partial charge in [0.05, 0.1) is 5.92 Å². The third kappa shape index (κ3) is 7.57. The first-order valence-corrected chi connectivity index (χ1v) is 5.81. The minimum atomic E-state index is -0.801. The summed E-state index contributed by atoms with van der Waals surface area (Å²) in [6.45, 7) is 5.11. The molecule has 0 aliphatic heterocycles. The van der Waals surface area contributed by atoms with Crippen molar-refractivity contribution in [2.45, 2.75) is 33.3 Å². The molecule has 2 N–H and O–H groups in total. The molecule has 1 rings (SSSR count). The molecule has 0 radical (unpaired) electrons. The Kier molecular flexibility index (Phi) is 7.63. The Labute approximate surface area is 107 Å². The normalized spacial score (nSPS) is 11.4. The Morgan fingerprint density at radius 2 is 1.67 bits per heavy atom. The molecule has 1 unspecified atom stereocenters. The Morgan fingerprint density at radius 1 is 1.22 bits per heavy atom. The largest absolute Gasteiger partial charge is 0.481 e. The van der Waals surface area contributed by atoms with Crippen LogP contribution in [0.25, 0.3) is 0 Å². The van der Waals surface area contributed by atoms with Crippen molar-refractivity contribution in [3.8, 4) is 0 Å². The van der Waals surface area contributed by atoms with E-state index in [2.05, 4.69) is 0 Å². The SMILES string of the molecule is CC(C)O.CC(Cc1ccc(C=O)cc1)C(=O)O. The number of aliphatic hydroxyl groups is 1. The zero-order valence-electron chi connectivity index (χ0n) is 11.0. The fraction of sp³-hybridized carbons (Fsp3) is 0.429. The fourth-order valence-electron chi connectivity index (χ4n) is 1.17. The van der Waals surface area contributed by atoms with Crippen LogP contribution in [-0.4, -0.2) is 28.6 Å². The standard InChI is InChI=1S/C11H12O3.C3H8O/c1-8(11(13)14)6-9-2-4-10(7-12)5-3-9;1-3(2)4/h2-5,7-8H,6H2,1H3,(H,13,14);3-4H,1-2H3. The zero-order valence-corrected chi connectivity index (χ0v) is 11.0. The molecule has 0 saturated carbocycles. The van der Waals surface area contributed by atoms with Crippen LogP contribution in [0.2, 0.25) is 0 Å². The lowest BCUT2D eigenvalue weighted by molar-refractivity contribution is -0.141. The monoisotopic (exact) mass is 252 g/mol. The molecule has 4 heteroatoms. The van der Waals surface area contributed by atoms with Crippen LogP contribution in [-0.2, 0) is 11.2 Å². The number of aliphatic carboxylic acids is 1. The van der Waals surface area contributed by atoms with Crippen LogP contribution in [0.3, 0.4) is 0 Å². The topological polar surface area (TPSA) is 74.6 Å². The zero-order chi connectivity index (χ0) is 14.1. The van der Waals surface area contributed by atoms with Crippen molar-refractivity contribution in [1.82, 2.24) is 0 Å². The molecule has 0 aromatic heterocycles. The van der Waals surface area contributed by atoms with Gasteiger partial charge in [0.15, 0.2) is 0 Å². The van der Waals surface area contributed by atoms with Crippen molar-refractivity contribution in [3.05, 3.63) is 35.4 Å². The van der Waals surface area contributed by atoms with Crippen molar-refractivity contribution in [2.75, 3.05) is 0 Å². The molecule has 0 aliphatic rings. The van der Waals surface area contributed by atoms with Crippen LogP contribution < -0.4 is 0 Å². The van der Waals surface area contributed by atoms with E-state index >= 15 is 0 Å². The highest BCUT2D eigenvalue weighted by atomic mass is 16.4. The lowest BCUT2D eigenvalue weighted by Crippen LogP contribution is -2.12. The molecule has 0 saturated heterocycles. The second-order valence-corrected chi connectivity index (χ2v) is 4.40. The smallest absolute Gasteiger partial charge is 0.306 e. The number of carbonyl (C=O) groups excluding carboxylic acids is 1. The van der Waals surface area contributed by atoms with Crippen molar-refractivity contribution in [2.24, 2.45) is 5.92 Å². The van der Waals surface area contributed by atoms with Gasteiger partial charge in [0.2, 0.25) is 0 Å². The van der Waals surface area contributed by atoms with E-state index in [4.69, 9.17) is 10.2 Å². The van der Waals surface area contributed by atoms with Crippen LogP contribution >= 0.6 is 0 Å². The van der Waals surface area contributed by atoms with E-state index in [1.807, 2.05) is 0 Å². The average Bonchev–Trinajstić information content (AvgIpc) is 2.29. The van der Waals surface area contributed by atoms with Gasteiger partial charge in [-0.1, -0.05) is 31.2 Å². The van der Waals surface area contributed by atoms with Gasteiger partial charge in [-0.15, -0.1) is 0 Å². The van der Waals surface area contributed by atoms with Gasteiger partial charge in [-0.3, -0.25) is 9.59 Å². The first-order valence-electron chi connectivity index (χ1n) is 5.81. The molecule has 0 heterocycles. The van der Waals surface area contributed by atoms with Crippen LogP contribution in [0.1, 0.15) is 36.7 Å². The maximum absolute atomic E-state index is 10.6. The summed E-state index contributed by atoms with van der Waals surface area (Å²) in [6.07, 6.45) is 1.10. The Morgan fingerprint density at radius 3 is 2.00 bits per heavy atom. The minimum absolute atomic E-state index is 0.167. The minimum Gasteiger partial charge on any atom is -0.481 e. The number of hydrogen-bond acceptors (Lipinski definition) is 3. The lowest BCUT2D eigenvalue weighted by atomic mass is 10.0. The second-order valence-electron chi connectivity index (χ2n) is 4.40. The maximum atomic E-state index is 10.6. The van der Waals surface area contributed by atoms with E-state index < -0.39 is 11.9 Å². The summed E-state index contributed by atoms with van der Waals surface area (Å²) in [6, 6.07) is 6.94. The summed E-state index contributed by atoms with van der Waals surface area (Å²) in [7, 11) is 0. The maximum Gasteiger partial charge on any atom is 0.306 e. The van der Waals surface area contributed by atoms with Crippen molar-refractivity contribution < 1.29 is 19.8 Å². The number of aldehydes is 1. The summed E-state index contributed by atoms with van der Waals surface area (Å²) in [5.74, 6) is -1.19. The Hall–Kier alpha value is -1.68. The number of hydrogen-bond donors (Lipinski definition) is 2. The number of benzene rings is 1. The van der Waals surface area contributed by atoms with Crippen LogP contribution in [0, 0.1) is 5.92 Å². The van der Waals surface area contributed by atoms with Gasteiger partial charge in [-0.2, -0.15) is 0 Å². The Balaban J connectivity index is 0.000000631. The number of carbonyl (C=O) groups is 2. The first kappa shape index (κ1) is 16.3. The van der Waals surface area contributed by atoms with Crippen LogP contribution in [0.15, 0.2) is 24.3 Å². The molecule has 1 aromatic carbocycles. The van der Waals surface area contributed by atoms with Gasteiger partial charge in [0, 0.05) is 11.7 Å². The fourth-order valence-corrected chi connectivity index (χ4v) is 1.17. The third-order valence-electron chi connectivity index (χ3n) is 2.08. The van der Waals surface area contributed by atoms with Gasteiger partial charge in [-0.05, 0) is 25.8 Å². The molecular weight excluding hydrogens is 232 g/mol. The molecule has 100 valence electrons. The molecule has 0 bridgehead atoms. The van der Waals surface area contributed by atoms with E-state index in [0.717, 1.165) is 11.8 Å². The molecule has 0 amide bonds. The van der Waals surface area contributed by atoms with Crippen LogP contribution in [0.4, 0.5) is 0 Å². The molecule has 4 nitrogen and oxygen atoms in total. The second kappa shape index (κ2) is 8.42.